The van der Waals surface area contributed by atoms with E-state index in [0.717, 1.165) is 21.9 Å². The van der Waals surface area contributed by atoms with E-state index in [1.165, 1.54) is 120 Å². The van der Waals surface area contributed by atoms with Gasteiger partial charge in [-0.25, -0.2) is 0 Å². The molecule has 0 aliphatic carbocycles. The van der Waals surface area contributed by atoms with Crippen LogP contribution in [0.15, 0.2) is 211 Å². The average Bonchev–Trinajstić information content (AvgIpc) is 3.69. The van der Waals surface area contributed by atoms with E-state index >= 15 is 0 Å². The Morgan fingerprint density at radius 1 is 0.213 bits per heavy atom. The number of furan rings is 1. The van der Waals surface area contributed by atoms with Gasteiger partial charge in [0.15, 0.2) is 0 Å². The molecule has 0 aliphatic rings. The Labute approximate surface area is 350 Å². The van der Waals surface area contributed by atoms with Crippen LogP contribution in [0.3, 0.4) is 0 Å². The van der Waals surface area contributed by atoms with Gasteiger partial charge >= 0.3 is 0 Å². The van der Waals surface area contributed by atoms with Gasteiger partial charge in [-0.15, -0.1) is 0 Å². The normalized spacial score (nSPS) is 12.3. The molecule has 1 heteroatoms. The van der Waals surface area contributed by atoms with Crippen LogP contribution < -0.4 is 0 Å². The lowest BCUT2D eigenvalue weighted by Gasteiger charge is -2.17. The van der Waals surface area contributed by atoms with Gasteiger partial charge in [-0.05, 0) is 156 Å². The summed E-state index contributed by atoms with van der Waals surface area (Å²) < 4.78 is 6.59. The van der Waals surface area contributed by atoms with Crippen LogP contribution in [0.1, 0.15) is 0 Å². The van der Waals surface area contributed by atoms with Crippen LogP contribution in [0.2, 0.25) is 0 Å². The van der Waals surface area contributed by atoms with Gasteiger partial charge in [0, 0.05) is 10.8 Å². The fourth-order valence-electron chi connectivity index (χ4n) is 10.9. The van der Waals surface area contributed by atoms with Gasteiger partial charge in [0.05, 0.1) is 0 Å². The topological polar surface area (TPSA) is 13.1 Å². The maximum absolute atomic E-state index is 6.59. The summed E-state index contributed by atoms with van der Waals surface area (Å²) in [6.07, 6.45) is 0. The molecule has 0 amide bonds. The number of fused-ring (bicyclic) bond motifs is 7. The second-order valence-corrected chi connectivity index (χ2v) is 16.7. The Hall–Kier alpha value is -8.00. The fourth-order valence-corrected chi connectivity index (χ4v) is 10.9. The lowest BCUT2D eigenvalue weighted by Crippen LogP contribution is -1.90. The second kappa shape index (κ2) is 12.3. The van der Waals surface area contributed by atoms with Gasteiger partial charge in [0.25, 0.3) is 0 Å². The van der Waals surface area contributed by atoms with E-state index in [1.807, 2.05) is 0 Å². The number of hydrogen-bond acceptors (Lipinski definition) is 1. The third kappa shape index (κ3) is 4.61. The summed E-state index contributed by atoms with van der Waals surface area (Å²) in [5.41, 5.74) is 9.08. The van der Waals surface area contributed by atoms with Crippen LogP contribution in [0.5, 0.6) is 0 Å². The molecular formula is C60H34O. The van der Waals surface area contributed by atoms with Gasteiger partial charge in [-0.3, -0.25) is 0 Å². The predicted octanol–water partition coefficient (Wildman–Crippen LogP) is 17.3. The molecular weight excluding hydrogens is 737 g/mol. The van der Waals surface area contributed by atoms with Crippen LogP contribution in [0, 0.1) is 0 Å². The van der Waals surface area contributed by atoms with Crippen LogP contribution in [0.25, 0.3) is 141 Å². The van der Waals surface area contributed by atoms with Crippen molar-refractivity contribution in [3.8, 4) is 33.4 Å². The minimum atomic E-state index is 0.893. The lowest BCUT2D eigenvalue weighted by atomic mass is 9.85. The number of benzene rings is 12. The van der Waals surface area contributed by atoms with Gasteiger partial charge in [-0.1, -0.05) is 170 Å². The summed E-state index contributed by atoms with van der Waals surface area (Å²) in [5, 5.41) is 22.7. The summed E-state index contributed by atoms with van der Waals surface area (Å²) in [6, 6.07) is 76.5. The summed E-state index contributed by atoms with van der Waals surface area (Å²) >= 11 is 0. The highest BCUT2D eigenvalue weighted by Gasteiger charge is 2.20. The van der Waals surface area contributed by atoms with Crippen molar-refractivity contribution in [2.45, 2.75) is 0 Å². The first-order valence-electron chi connectivity index (χ1n) is 21.2. The van der Waals surface area contributed by atoms with Crippen LogP contribution in [0.4, 0.5) is 0 Å². The van der Waals surface area contributed by atoms with Gasteiger partial charge < -0.3 is 4.42 Å². The molecule has 0 saturated carbocycles. The highest BCUT2D eigenvalue weighted by Crippen LogP contribution is 2.47. The zero-order valence-electron chi connectivity index (χ0n) is 33.0. The summed E-state index contributed by atoms with van der Waals surface area (Å²) in [5.74, 6) is 0. The molecule has 0 N–H and O–H groups in total. The molecule has 14 aromatic rings. The predicted molar refractivity (Wildman–Crippen MR) is 261 cm³/mol. The molecule has 0 fully saturated rings. The molecule has 0 saturated heterocycles. The number of hydrogen-bond donors (Lipinski definition) is 0. The molecule has 280 valence electrons. The fraction of sp³-hybridized carbons (Fsp3) is 0. The largest absolute Gasteiger partial charge is 0.456 e. The Bertz CT molecular complexity index is 4090. The first-order chi connectivity index (χ1) is 30.2. The summed E-state index contributed by atoms with van der Waals surface area (Å²) in [6.45, 7) is 0. The van der Waals surface area contributed by atoms with E-state index in [4.69, 9.17) is 4.42 Å². The van der Waals surface area contributed by atoms with Crippen molar-refractivity contribution in [3.63, 3.8) is 0 Å². The molecule has 0 aliphatic heterocycles. The maximum atomic E-state index is 6.59. The molecule has 1 aromatic heterocycles. The quantitative estimate of drug-likeness (QED) is 0.129. The Kier molecular flexibility index (Phi) is 6.62. The zero-order valence-corrected chi connectivity index (χ0v) is 33.0. The van der Waals surface area contributed by atoms with Crippen molar-refractivity contribution in [1.29, 1.82) is 0 Å². The smallest absolute Gasteiger partial charge is 0.135 e. The lowest BCUT2D eigenvalue weighted by molar-refractivity contribution is 0.669. The van der Waals surface area contributed by atoms with Crippen LogP contribution in [-0.4, -0.2) is 0 Å². The number of rotatable bonds is 3. The third-order valence-corrected chi connectivity index (χ3v) is 13.5. The minimum Gasteiger partial charge on any atom is -0.456 e. The summed E-state index contributed by atoms with van der Waals surface area (Å²) in [4.78, 5) is 0. The van der Waals surface area contributed by atoms with E-state index < -0.39 is 0 Å². The first kappa shape index (κ1) is 32.9. The highest BCUT2D eigenvalue weighted by molar-refractivity contribution is 6.37. The zero-order chi connectivity index (χ0) is 39.8. The van der Waals surface area contributed by atoms with E-state index in [0.29, 0.717) is 0 Å². The standard InChI is InChI=1S/C60H34O/c1-2-11-35(12-3-1)55-43-16-4-6-18-45(43)56(46-19-7-5-17-44(46)55)41-28-30-54-51(33-41)50-32-39(27-29-53(50)61-54)42-31-40-26-25-38-14-9-21-48-47-20-8-13-36-23-24-37-15-10-22-49(59(37)57(36)47)52(34-42)60(40)58(38)48/h1-34H. The van der Waals surface area contributed by atoms with Crippen LogP contribution in [-0.2, 0) is 0 Å². The molecule has 0 bridgehead atoms. The Morgan fingerprint density at radius 3 is 1.18 bits per heavy atom. The van der Waals surface area contributed by atoms with E-state index in [1.54, 1.807) is 0 Å². The van der Waals surface area contributed by atoms with Crippen molar-refractivity contribution >= 4 is 108 Å². The van der Waals surface area contributed by atoms with Gasteiger partial charge in [-0.2, -0.15) is 0 Å². The molecule has 13 aromatic carbocycles. The average molecular weight is 771 g/mol. The SMILES string of the molecule is c1ccc(-c2c3ccccc3c(-c3ccc4oc5ccc(-c6cc7ccc8cccc9c%10cccc%11ccc%12cccc(c(c6)c7c89)c%12c%11%10)cc5c4c3)c3ccccc23)cc1. The highest BCUT2D eigenvalue weighted by atomic mass is 16.3. The van der Waals surface area contributed by atoms with E-state index in [9.17, 15) is 0 Å². The van der Waals surface area contributed by atoms with Crippen molar-refractivity contribution in [2.24, 2.45) is 0 Å². The van der Waals surface area contributed by atoms with Crippen molar-refractivity contribution in [2.75, 3.05) is 0 Å². The molecule has 0 unspecified atom stereocenters. The minimum absolute atomic E-state index is 0.893. The van der Waals surface area contributed by atoms with Gasteiger partial charge in [0.2, 0.25) is 0 Å². The molecule has 61 heavy (non-hydrogen) atoms. The molecule has 1 heterocycles. The third-order valence-electron chi connectivity index (χ3n) is 13.5. The molecule has 1 nitrogen and oxygen atoms in total. The maximum Gasteiger partial charge on any atom is 0.135 e. The molecule has 0 atom stereocenters. The van der Waals surface area contributed by atoms with Gasteiger partial charge in [0.1, 0.15) is 11.2 Å². The Morgan fingerprint density at radius 2 is 0.623 bits per heavy atom. The first-order valence-corrected chi connectivity index (χ1v) is 21.2. The summed E-state index contributed by atoms with van der Waals surface area (Å²) in [7, 11) is 0. The van der Waals surface area contributed by atoms with Crippen molar-refractivity contribution < 1.29 is 4.42 Å². The van der Waals surface area contributed by atoms with Crippen molar-refractivity contribution in [1.82, 2.24) is 0 Å². The van der Waals surface area contributed by atoms with Crippen molar-refractivity contribution in [3.05, 3.63) is 206 Å². The Balaban J connectivity index is 1.03. The van der Waals surface area contributed by atoms with E-state index in [2.05, 4.69) is 206 Å². The molecule has 14 rings (SSSR count). The van der Waals surface area contributed by atoms with Crippen LogP contribution >= 0.6 is 0 Å². The molecule has 0 radical (unpaired) electrons. The molecule has 0 spiro atoms. The van der Waals surface area contributed by atoms with E-state index in [-0.39, 0.29) is 0 Å². The second-order valence-electron chi connectivity index (χ2n) is 16.7. The monoisotopic (exact) mass is 770 g/mol.